The number of rotatable bonds is 8. The third-order valence-corrected chi connectivity index (χ3v) is 3.51. The molecular weight excluding hydrogens is 302 g/mol. The molecule has 1 rings (SSSR count). The Morgan fingerprint density at radius 1 is 1.50 bits per heavy atom. The molecule has 0 saturated heterocycles. The minimum Gasteiger partial charge on any atom is -0.352 e. The number of carbonyl (C=O) groups excluding carboxylic acids is 1. The van der Waals surface area contributed by atoms with Crippen molar-refractivity contribution in [3.05, 3.63) is 33.1 Å². The highest BCUT2D eigenvalue weighted by Crippen LogP contribution is 2.20. The summed E-state index contributed by atoms with van der Waals surface area (Å²) in [5.41, 5.74) is -0.395. The van der Waals surface area contributed by atoms with Crippen LogP contribution in [-0.2, 0) is 0 Å². The number of pyridine rings is 1. The molecule has 0 saturated carbocycles. The van der Waals surface area contributed by atoms with Crippen LogP contribution in [0.25, 0.3) is 0 Å². The number of nitrogens with one attached hydrogen (secondary N) is 1. The first-order chi connectivity index (χ1) is 9.56. The molecular formula is C12H16ClN3O3S. The Bertz CT molecular complexity index is 485. The molecule has 0 aliphatic rings. The highest BCUT2D eigenvalue weighted by atomic mass is 35.5. The van der Waals surface area contributed by atoms with E-state index in [2.05, 4.69) is 10.3 Å². The Morgan fingerprint density at radius 2 is 2.25 bits per heavy atom. The van der Waals surface area contributed by atoms with Gasteiger partial charge in [-0.3, -0.25) is 14.9 Å². The average molecular weight is 318 g/mol. The number of hydrogen-bond donors (Lipinski definition) is 1. The number of hydrogen-bond acceptors (Lipinski definition) is 5. The van der Waals surface area contributed by atoms with Crippen molar-refractivity contribution in [3.63, 3.8) is 0 Å². The van der Waals surface area contributed by atoms with Gasteiger partial charge in [-0.2, -0.15) is 11.8 Å². The maximum atomic E-state index is 11.9. The van der Waals surface area contributed by atoms with Crippen molar-refractivity contribution in [2.24, 2.45) is 0 Å². The normalized spacial score (nSPS) is 10.3. The van der Waals surface area contributed by atoms with Gasteiger partial charge in [-0.1, -0.05) is 18.0 Å². The second-order valence-corrected chi connectivity index (χ2v) is 5.46. The van der Waals surface area contributed by atoms with Crippen LogP contribution in [-0.4, -0.2) is 34.4 Å². The van der Waals surface area contributed by atoms with E-state index in [0.29, 0.717) is 6.54 Å². The number of nitro groups is 1. The molecule has 1 aromatic rings. The second-order valence-electron chi connectivity index (χ2n) is 4.09. The van der Waals surface area contributed by atoms with E-state index in [9.17, 15) is 14.9 Å². The summed E-state index contributed by atoms with van der Waals surface area (Å²) in [4.78, 5) is 25.7. The van der Waals surface area contributed by atoms with Gasteiger partial charge in [-0.05, 0) is 30.9 Å². The van der Waals surface area contributed by atoms with Crippen molar-refractivity contribution in [1.29, 1.82) is 0 Å². The summed E-state index contributed by atoms with van der Waals surface area (Å²) in [7, 11) is 0. The van der Waals surface area contributed by atoms with Crippen LogP contribution in [0.4, 0.5) is 5.69 Å². The molecule has 6 nitrogen and oxygen atoms in total. The maximum Gasteiger partial charge on any atom is 0.300 e. The van der Waals surface area contributed by atoms with Gasteiger partial charge < -0.3 is 5.32 Å². The number of unbranched alkanes of at least 4 members (excludes halogenated alkanes) is 2. The predicted octanol–water partition coefficient (Wildman–Crippen LogP) is 2.91. The van der Waals surface area contributed by atoms with Crippen LogP contribution in [0.15, 0.2) is 12.3 Å². The standard InChI is InChI=1S/C12H16ClN3O3S/c1-20-6-4-2-3-5-14-12(17)9-7-11(13)15-8-10(9)16(18)19/h7-8H,2-6H2,1H3,(H,14,17). The van der Waals surface area contributed by atoms with Crippen molar-refractivity contribution >= 4 is 35.0 Å². The fraction of sp³-hybridized carbons (Fsp3) is 0.500. The third-order valence-electron chi connectivity index (χ3n) is 2.60. The average Bonchev–Trinajstić information content (AvgIpc) is 2.42. The lowest BCUT2D eigenvalue weighted by Crippen LogP contribution is -2.25. The molecule has 0 fully saturated rings. The van der Waals surface area contributed by atoms with Gasteiger partial charge >= 0.3 is 0 Å². The van der Waals surface area contributed by atoms with Crippen LogP contribution in [0.2, 0.25) is 5.15 Å². The van der Waals surface area contributed by atoms with Gasteiger partial charge in [0.15, 0.2) is 0 Å². The van der Waals surface area contributed by atoms with Gasteiger partial charge in [0.25, 0.3) is 11.6 Å². The van der Waals surface area contributed by atoms with E-state index in [-0.39, 0.29) is 16.4 Å². The molecule has 1 amide bonds. The van der Waals surface area contributed by atoms with Gasteiger partial charge in [0.2, 0.25) is 0 Å². The van der Waals surface area contributed by atoms with E-state index in [4.69, 9.17) is 11.6 Å². The van der Waals surface area contributed by atoms with Crippen molar-refractivity contribution in [2.75, 3.05) is 18.6 Å². The first-order valence-electron chi connectivity index (χ1n) is 6.13. The van der Waals surface area contributed by atoms with E-state index in [1.54, 1.807) is 11.8 Å². The van der Waals surface area contributed by atoms with Gasteiger partial charge in [0.1, 0.15) is 16.9 Å². The van der Waals surface area contributed by atoms with Crippen LogP contribution in [0.1, 0.15) is 29.6 Å². The van der Waals surface area contributed by atoms with Crippen LogP contribution in [0.3, 0.4) is 0 Å². The summed E-state index contributed by atoms with van der Waals surface area (Å²) in [5.74, 6) is 0.602. The molecule has 0 radical (unpaired) electrons. The first-order valence-corrected chi connectivity index (χ1v) is 7.90. The van der Waals surface area contributed by atoms with Crippen molar-refractivity contribution in [1.82, 2.24) is 10.3 Å². The Balaban J connectivity index is 2.54. The molecule has 20 heavy (non-hydrogen) atoms. The van der Waals surface area contributed by atoms with Crippen molar-refractivity contribution in [2.45, 2.75) is 19.3 Å². The number of halogens is 1. The summed E-state index contributed by atoms with van der Waals surface area (Å²) in [5, 5.41) is 13.5. The van der Waals surface area contributed by atoms with Gasteiger partial charge in [-0.25, -0.2) is 4.98 Å². The highest BCUT2D eigenvalue weighted by Gasteiger charge is 2.20. The zero-order valence-electron chi connectivity index (χ0n) is 11.1. The summed E-state index contributed by atoms with van der Waals surface area (Å²) in [6, 6.07) is 1.21. The lowest BCUT2D eigenvalue weighted by atomic mass is 10.2. The Hall–Kier alpha value is -1.34. The van der Waals surface area contributed by atoms with Gasteiger partial charge in [0.05, 0.1) is 4.92 Å². The molecule has 0 atom stereocenters. The third kappa shape index (κ3) is 5.34. The molecule has 110 valence electrons. The molecule has 0 spiro atoms. The van der Waals surface area contributed by atoms with Crippen LogP contribution < -0.4 is 5.32 Å². The number of aromatic nitrogens is 1. The number of amides is 1. The zero-order chi connectivity index (χ0) is 15.0. The molecule has 1 aromatic heterocycles. The molecule has 0 bridgehead atoms. The number of carbonyl (C=O) groups is 1. The largest absolute Gasteiger partial charge is 0.352 e. The lowest BCUT2D eigenvalue weighted by Gasteiger charge is -2.06. The van der Waals surface area contributed by atoms with E-state index in [0.717, 1.165) is 31.2 Å². The molecule has 0 aliphatic carbocycles. The van der Waals surface area contributed by atoms with Gasteiger partial charge in [0, 0.05) is 6.54 Å². The highest BCUT2D eigenvalue weighted by molar-refractivity contribution is 7.98. The van der Waals surface area contributed by atoms with Gasteiger partial charge in [-0.15, -0.1) is 0 Å². The number of nitrogens with zero attached hydrogens (tertiary/aromatic N) is 2. The Labute approximate surface area is 126 Å². The number of thioether (sulfide) groups is 1. The molecule has 0 aliphatic heterocycles. The monoisotopic (exact) mass is 317 g/mol. The van der Waals surface area contributed by atoms with E-state index < -0.39 is 10.8 Å². The van der Waals surface area contributed by atoms with Crippen LogP contribution in [0.5, 0.6) is 0 Å². The predicted molar refractivity (Wildman–Crippen MR) is 80.5 cm³/mol. The van der Waals surface area contributed by atoms with E-state index in [1.165, 1.54) is 6.07 Å². The summed E-state index contributed by atoms with van der Waals surface area (Å²) >= 11 is 7.45. The minimum atomic E-state index is -0.642. The van der Waals surface area contributed by atoms with E-state index in [1.807, 2.05) is 6.26 Å². The zero-order valence-corrected chi connectivity index (χ0v) is 12.7. The molecule has 0 unspecified atom stereocenters. The molecule has 1 heterocycles. The maximum absolute atomic E-state index is 11.9. The molecule has 0 aromatic carbocycles. The van der Waals surface area contributed by atoms with Crippen molar-refractivity contribution in [3.8, 4) is 0 Å². The Kier molecular flexibility index (Phi) is 7.32. The summed E-state index contributed by atoms with van der Waals surface area (Å²) < 4.78 is 0. The smallest absolute Gasteiger partial charge is 0.300 e. The fourth-order valence-corrected chi connectivity index (χ4v) is 2.25. The minimum absolute atomic E-state index is 0.0562. The topological polar surface area (TPSA) is 85.1 Å². The lowest BCUT2D eigenvalue weighted by molar-refractivity contribution is -0.385. The van der Waals surface area contributed by atoms with Crippen molar-refractivity contribution < 1.29 is 9.72 Å². The van der Waals surface area contributed by atoms with E-state index >= 15 is 0 Å². The van der Waals surface area contributed by atoms with Crippen LogP contribution >= 0.6 is 23.4 Å². The quantitative estimate of drug-likeness (QED) is 0.345. The van der Waals surface area contributed by atoms with Crippen LogP contribution in [0, 0.1) is 10.1 Å². The second kappa shape index (κ2) is 8.76. The summed E-state index contributed by atoms with van der Waals surface area (Å²) in [6.45, 7) is 0.490. The molecule has 8 heteroatoms. The SMILES string of the molecule is CSCCCCCNC(=O)c1cc(Cl)ncc1[N+](=O)[O-]. The first kappa shape index (κ1) is 16.7. The summed E-state index contributed by atoms with van der Waals surface area (Å²) in [6.07, 6.45) is 6.00. The fourth-order valence-electron chi connectivity index (χ4n) is 1.60. The molecule has 1 N–H and O–H groups in total. The Morgan fingerprint density at radius 3 is 2.90 bits per heavy atom.